The number of rotatable bonds is 2. The Morgan fingerprint density at radius 3 is 2.26 bits per heavy atom. The number of hydrogen-bond acceptors (Lipinski definition) is 2. The first kappa shape index (κ1) is 14.1. The van der Waals surface area contributed by atoms with E-state index < -0.39 is 0 Å². The Kier molecular flexibility index (Phi) is 3.41. The maximum absolute atomic E-state index is 8.14. The van der Waals surface area contributed by atoms with Crippen molar-refractivity contribution < 1.29 is 0 Å². The summed E-state index contributed by atoms with van der Waals surface area (Å²) >= 11 is 0. The quantitative estimate of drug-likeness (QED) is 0.422. The summed E-state index contributed by atoms with van der Waals surface area (Å²) < 4.78 is 0. The third kappa shape index (κ3) is 2.42. The monoisotopic (exact) mass is 303 g/mol. The van der Waals surface area contributed by atoms with E-state index in [0.717, 1.165) is 35.1 Å². The standard InChI is InChI=1S/C20H21N3/c21-20(22)19-17-13-15-7-3-2-6-14(15)12-16(17)8-9-18(19)23-10-4-1-5-11-23/h2-3,6-9,12-13H,1,4-5,10-11H2,(H3,21,22). The third-order valence-corrected chi connectivity index (χ3v) is 4.83. The van der Waals surface area contributed by atoms with Gasteiger partial charge in [-0.05, 0) is 59.0 Å². The molecule has 1 aliphatic rings. The van der Waals surface area contributed by atoms with Crippen LogP contribution in [0, 0.1) is 5.41 Å². The molecule has 1 aliphatic heterocycles. The van der Waals surface area contributed by atoms with E-state index in [0.29, 0.717) is 0 Å². The van der Waals surface area contributed by atoms with Gasteiger partial charge in [0.25, 0.3) is 0 Å². The zero-order valence-electron chi connectivity index (χ0n) is 13.2. The van der Waals surface area contributed by atoms with Crippen LogP contribution in [0.2, 0.25) is 0 Å². The number of anilines is 1. The second kappa shape index (κ2) is 5.58. The number of nitrogens with two attached hydrogens (primary N) is 1. The van der Waals surface area contributed by atoms with Crippen LogP contribution in [-0.2, 0) is 0 Å². The predicted molar refractivity (Wildman–Crippen MR) is 98.5 cm³/mol. The first-order valence-corrected chi connectivity index (χ1v) is 8.29. The average Bonchev–Trinajstić information content (AvgIpc) is 2.59. The highest BCUT2D eigenvalue weighted by atomic mass is 15.1. The van der Waals surface area contributed by atoms with Crippen molar-refractivity contribution in [1.29, 1.82) is 5.41 Å². The number of piperidine rings is 1. The molecule has 0 aromatic heterocycles. The highest BCUT2D eigenvalue weighted by Crippen LogP contribution is 2.33. The van der Waals surface area contributed by atoms with Crippen LogP contribution >= 0.6 is 0 Å². The lowest BCUT2D eigenvalue weighted by atomic mass is 9.96. The topological polar surface area (TPSA) is 53.1 Å². The largest absolute Gasteiger partial charge is 0.384 e. The molecule has 0 unspecified atom stereocenters. The van der Waals surface area contributed by atoms with Gasteiger partial charge in [-0.25, -0.2) is 0 Å². The molecule has 3 aromatic carbocycles. The summed E-state index contributed by atoms with van der Waals surface area (Å²) in [5, 5.41) is 12.8. The molecule has 4 rings (SSSR count). The van der Waals surface area contributed by atoms with Crippen molar-refractivity contribution in [2.45, 2.75) is 19.3 Å². The van der Waals surface area contributed by atoms with Crippen molar-refractivity contribution in [2.75, 3.05) is 18.0 Å². The number of fused-ring (bicyclic) bond motifs is 2. The summed E-state index contributed by atoms with van der Waals surface area (Å²) in [6.45, 7) is 2.11. The Morgan fingerprint density at radius 2 is 1.57 bits per heavy atom. The van der Waals surface area contributed by atoms with Crippen molar-refractivity contribution in [2.24, 2.45) is 5.73 Å². The SMILES string of the molecule is N=C(N)c1c(N2CCCCC2)ccc2cc3ccccc3cc12. The van der Waals surface area contributed by atoms with Crippen molar-refractivity contribution in [1.82, 2.24) is 0 Å². The zero-order valence-corrected chi connectivity index (χ0v) is 13.2. The van der Waals surface area contributed by atoms with E-state index in [1.54, 1.807) is 0 Å². The van der Waals surface area contributed by atoms with Gasteiger partial charge in [0.15, 0.2) is 0 Å². The van der Waals surface area contributed by atoms with E-state index in [1.807, 2.05) is 0 Å². The molecule has 0 amide bonds. The minimum absolute atomic E-state index is 0.159. The van der Waals surface area contributed by atoms with Gasteiger partial charge in [0.05, 0.1) is 0 Å². The van der Waals surface area contributed by atoms with Gasteiger partial charge in [0.1, 0.15) is 5.84 Å². The fourth-order valence-electron chi connectivity index (χ4n) is 3.68. The van der Waals surface area contributed by atoms with Gasteiger partial charge in [0, 0.05) is 24.3 Å². The molecule has 116 valence electrons. The molecule has 0 aliphatic carbocycles. The second-order valence-electron chi connectivity index (χ2n) is 6.34. The molecule has 0 radical (unpaired) electrons. The fraction of sp³-hybridized carbons (Fsp3) is 0.250. The maximum atomic E-state index is 8.14. The van der Waals surface area contributed by atoms with Crippen molar-refractivity contribution in [3.8, 4) is 0 Å². The van der Waals surface area contributed by atoms with Gasteiger partial charge in [-0.2, -0.15) is 0 Å². The lowest BCUT2D eigenvalue weighted by Crippen LogP contribution is -2.31. The molecule has 1 heterocycles. The van der Waals surface area contributed by atoms with Gasteiger partial charge in [0.2, 0.25) is 0 Å². The Balaban J connectivity index is 1.98. The molecular formula is C20H21N3. The molecule has 0 bridgehead atoms. The minimum atomic E-state index is 0.159. The second-order valence-corrected chi connectivity index (χ2v) is 6.34. The number of amidine groups is 1. The van der Waals surface area contributed by atoms with Crippen LogP contribution in [0.25, 0.3) is 21.5 Å². The van der Waals surface area contributed by atoms with Crippen LogP contribution in [-0.4, -0.2) is 18.9 Å². The summed E-state index contributed by atoms with van der Waals surface area (Å²) in [5.74, 6) is 0.159. The van der Waals surface area contributed by atoms with Crippen molar-refractivity contribution >= 4 is 33.1 Å². The van der Waals surface area contributed by atoms with Crippen molar-refractivity contribution in [3.63, 3.8) is 0 Å². The van der Waals surface area contributed by atoms with Gasteiger partial charge < -0.3 is 10.6 Å². The normalized spacial score (nSPS) is 15.2. The molecule has 1 saturated heterocycles. The average molecular weight is 303 g/mol. The van der Waals surface area contributed by atoms with Crippen LogP contribution in [0.3, 0.4) is 0 Å². The first-order valence-electron chi connectivity index (χ1n) is 8.29. The molecule has 0 atom stereocenters. The van der Waals surface area contributed by atoms with E-state index in [2.05, 4.69) is 53.4 Å². The van der Waals surface area contributed by atoms with E-state index in [4.69, 9.17) is 11.1 Å². The third-order valence-electron chi connectivity index (χ3n) is 4.83. The van der Waals surface area contributed by atoms with Crippen LogP contribution in [0.4, 0.5) is 5.69 Å². The van der Waals surface area contributed by atoms with Crippen molar-refractivity contribution in [3.05, 3.63) is 54.1 Å². The number of hydrogen-bond donors (Lipinski definition) is 2. The summed E-state index contributed by atoms with van der Waals surface area (Å²) in [6.07, 6.45) is 3.73. The molecule has 1 fully saturated rings. The molecular weight excluding hydrogens is 282 g/mol. The smallest absolute Gasteiger partial charge is 0.125 e. The molecule has 3 nitrogen and oxygen atoms in total. The Labute approximate surface area is 136 Å². The van der Waals surface area contributed by atoms with Crippen LogP contribution in [0.1, 0.15) is 24.8 Å². The summed E-state index contributed by atoms with van der Waals surface area (Å²) in [5.41, 5.74) is 7.98. The van der Waals surface area contributed by atoms with E-state index in [9.17, 15) is 0 Å². The fourth-order valence-corrected chi connectivity index (χ4v) is 3.68. The first-order chi connectivity index (χ1) is 11.2. The van der Waals surface area contributed by atoms with Gasteiger partial charge in [-0.1, -0.05) is 30.3 Å². The molecule has 3 aromatic rings. The maximum Gasteiger partial charge on any atom is 0.125 e. The highest BCUT2D eigenvalue weighted by molar-refractivity contribution is 6.15. The lowest BCUT2D eigenvalue weighted by molar-refractivity contribution is 0.578. The lowest BCUT2D eigenvalue weighted by Gasteiger charge is -2.31. The molecule has 23 heavy (non-hydrogen) atoms. The van der Waals surface area contributed by atoms with Crippen LogP contribution < -0.4 is 10.6 Å². The van der Waals surface area contributed by atoms with Crippen LogP contribution in [0.15, 0.2) is 48.5 Å². The summed E-state index contributed by atoms with van der Waals surface area (Å²) in [7, 11) is 0. The number of nitrogen functional groups attached to an aromatic ring is 1. The predicted octanol–water partition coefficient (Wildman–Crippen LogP) is 4.27. The number of nitrogens with zero attached hydrogens (tertiary/aromatic N) is 1. The molecule has 0 saturated carbocycles. The summed E-state index contributed by atoms with van der Waals surface area (Å²) in [6, 6.07) is 17.0. The minimum Gasteiger partial charge on any atom is -0.384 e. The Morgan fingerprint density at radius 1 is 0.870 bits per heavy atom. The van der Waals surface area contributed by atoms with Gasteiger partial charge in [-0.3, -0.25) is 5.41 Å². The van der Waals surface area contributed by atoms with E-state index >= 15 is 0 Å². The number of nitrogens with one attached hydrogen (secondary N) is 1. The Hall–Kier alpha value is -2.55. The van der Waals surface area contributed by atoms with Crippen LogP contribution in [0.5, 0.6) is 0 Å². The van der Waals surface area contributed by atoms with E-state index in [1.165, 1.54) is 30.0 Å². The molecule has 3 heteroatoms. The van der Waals surface area contributed by atoms with Gasteiger partial charge in [-0.15, -0.1) is 0 Å². The van der Waals surface area contributed by atoms with Gasteiger partial charge >= 0.3 is 0 Å². The molecule has 0 spiro atoms. The number of benzene rings is 3. The Bertz CT molecular complexity index is 892. The zero-order chi connectivity index (χ0) is 15.8. The van der Waals surface area contributed by atoms with E-state index in [-0.39, 0.29) is 5.84 Å². The highest BCUT2D eigenvalue weighted by Gasteiger charge is 2.18. The summed E-state index contributed by atoms with van der Waals surface area (Å²) in [4.78, 5) is 2.38. The molecule has 3 N–H and O–H groups in total.